The number of hydrogen-bond donors (Lipinski definition) is 5. The summed E-state index contributed by atoms with van der Waals surface area (Å²) in [5.41, 5.74) is 5.36. The van der Waals surface area contributed by atoms with Crippen molar-refractivity contribution in [3.05, 3.63) is 0 Å². The minimum Gasteiger partial charge on any atom is -0.480 e. The van der Waals surface area contributed by atoms with Crippen molar-refractivity contribution in [3.8, 4) is 0 Å². The molecule has 0 saturated carbocycles. The van der Waals surface area contributed by atoms with Gasteiger partial charge in [0.1, 0.15) is 18.1 Å². The van der Waals surface area contributed by atoms with Gasteiger partial charge in [-0.2, -0.15) is 23.5 Å². The van der Waals surface area contributed by atoms with Crippen LogP contribution in [0.5, 0.6) is 0 Å². The van der Waals surface area contributed by atoms with E-state index in [9.17, 15) is 33.9 Å². The summed E-state index contributed by atoms with van der Waals surface area (Å²) in [6.07, 6.45) is 1.49. The number of nitrogens with one attached hydrogen (secondary N) is 2. The molecule has 0 aliphatic rings. The Morgan fingerprint density at radius 2 is 1.66 bits per heavy atom. The fraction of sp³-hybridized carbons (Fsp3) is 0.667. The molecule has 0 bridgehead atoms. The van der Waals surface area contributed by atoms with Crippen LogP contribution in [0, 0.1) is 0 Å². The van der Waals surface area contributed by atoms with Crippen molar-refractivity contribution in [2.45, 2.75) is 44.3 Å². The Labute approximate surface area is 193 Å². The molecule has 0 heterocycles. The van der Waals surface area contributed by atoms with Crippen LogP contribution in [0.1, 0.15) is 26.2 Å². The molecule has 12 nitrogen and oxygen atoms in total. The van der Waals surface area contributed by atoms with E-state index in [0.29, 0.717) is 5.75 Å². The summed E-state index contributed by atoms with van der Waals surface area (Å²) in [4.78, 5) is 70.0. The molecule has 14 heteroatoms. The summed E-state index contributed by atoms with van der Waals surface area (Å²) in [7, 11) is 0. The predicted molar refractivity (Wildman–Crippen MR) is 118 cm³/mol. The molecule has 0 fully saturated rings. The summed E-state index contributed by atoms with van der Waals surface area (Å²) in [5.74, 6) is -5.79. The quantitative estimate of drug-likeness (QED) is 0.120. The highest BCUT2D eigenvalue weighted by molar-refractivity contribution is 8.00. The first kappa shape index (κ1) is 29.7. The van der Waals surface area contributed by atoms with E-state index < -0.39 is 53.6 Å². The Bertz CT molecular complexity index is 691. The zero-order valence-electron chi connectivity index (χ0n) is 17.8. The van der Waals surface area contributed by atoms with E-state index in [2.05, 4.69) is 15.4 Å². The number of carbonyl (C=O) groups excluding carboxylic acids is 4. The number of hydrogen-bond acceptors (Lipinski definition) is 10. The SMILES string of the molecule is CCOC(=O)C(=O)CSCC(NC(=O)CCC(N)C(=O)O)C(=O)NC(CCSC)C(=O)O. The molecular formula is C18H29N3O9S2. The molecule has 6 N–H and O–H groups in total. The maximum Gasteiger partial charge on any atom is 0.375 e. The standard InChI is InChI=1S/C18H29N3O9S2/c1-3-30-18(29)13(22)9-32-8-12(20-14(23)5-4-10(19)16(25)26)15(24)21-11(17(27)28)6-7-31-2/h10-12H,3-9,19H2,1-2H3,(H,20,23)(H,21,24)(H,25,26)(H,27,28). The number of carboxylic acids is 2. The topological polar surface area (TPSA) is 202 Å². The first-order valence-electron chi connectivity index (χ1n) is 9.60. The number of ketones is 1. The number of thioether (sulfide) groups is 2. The zero-order valence-corrected chi connectivity index (χ0v) is 19.5. The second-order valence-corrected chi connectivity index (χ2v) is 8.46. The summed E-state index contributed by atoms with van der Waals surface area (Å²) in [5, 5.41) is 22.8. The summed E-state index contributed by atoms with van der Waals surface area (Å²) < 4.78 is 4.59. The molecule has 0 aliphatic carbocycles. The maximum atomic E-state index is 12.6. The smallest absolute Gasteiger partial charge is 0.375 e. The highest BCUT2D eigenvalue weighted by Crippen LogP contribution is 2.08. The Balaban J connectivity index is 5.10. The second kappa shape index (κ2) is 16.3. The third kappa shape index (κ3) is 12.5. The molecular weight excluding hydrogens is 466 g/mol. The highest BCUT2D eigenvalue weighted by Gasteiger charge is 2.27. The second-order valence-electron chi connectivity index (χ2n) is 6.44. The lowest BCUT2D eigenvalue weighted by molar-refractivity contribution is -0.152. The fourth-order valence-electron chi connectivity index (χ4n) is 2.16. The monoisotopic (exact) mass is 495 g/mol. The number of esters is 1. The number of carbonyl (C=O) groups is 6. The van der Waals surface area contributed by atoms with Crippen LogP contribution >= 0.6 is 23.5 Å². The van der Waals surface area contributed by atoms with Crippen molar-refractivity contribution in [2.24, 2.45) is 5.73 Å². The summed E-state index contributed by atoms with van der Waals surface area (Å²) in [6, 6.07) is -3.66. The van der Waals surface area contributed by atoms with E-state index in [1.165, 1.54) is 11.8 Å². The molecule has 0 spiro atoms. The molecule has 2 amide bonds. The van der Waals surface area contributed by atoms with E-state index in [1.54, 1.807) is 13.2 Å². The van der Waals surface area contributed by atoms with Crippen molar-refractivity contribution >= 4 is 59.0 Å². The molecule has 182 valence electrons. The highest BCUT2D eigenvalue weighted by atomic mass is 32.2. The van der Waals surface area contributed by atoms with Crippen molar-refractivity contribution in [1.82, 2.24) is 10.6 Å². The first-order valence-corrected chi connectivity index (χ1v) is 12.2. The molecule has 0 aliphatic heterocycles. The Kier molecular flexibility index (Phi) is 15.1. The molecule has 32 heavy (non-hydrogen) atoms. The third-order valence-electron chi connectivity index (χ3n) is 3.90. The van der Waals surface area contributed by atoms with E-state index in [0.717, 1.165) is 11.8 Å². The number of nitrogens with two attached hydrogens (primary N) is 1. The van der Waals surface area contributed by atoms with Gasteiger partial charge >= 0.3 is 17.9 Å². The van der Waals surface area contributed by atoms with Crippen molar-refractivity contribution in [1.29, 1.82) is 0 Å². The van der Waals surface area contributed by atoms with Crippen LogP contribution < -0.4 is 16.4 Å². The minimum atomic E-state index is -1.28. The van der Waals surface area contributed by atoms with E-state index in [4.69, 9.17) is 10.8 Å². The van der Waals surface area contributed by atoms with Gasteiger partial charge in [-0.1, -0.05) is 0 Å². The molecule has 0 radical (unpaired) electrons. The van der Waals surface area contributed by atoms with E-state index in [-0.39, 0.29) is 37.4 Å². The van der Waals surface area contributed by atoms with Gasteiger partial charge in [0.25, 0.3) is 0 Å². The lowest BCUT2D eigenvalue weighted by Gasteiger charge is -2.21. The van der Waals surface area contributed by atoms with Gasteiger partial charge in [0.2, 0.25) is 17.6 Å². The van der Waals surface area contributed by atoms with Crippen LogP contribution in [0.3, 0.4) is 0 Å². The summed E-state index contributed by atoms with van der Waals surface area (Å²) in [6.45, 7) is 1.57. The molecule has 0 aromatic heterocycles. The Morgan fingerprint density at radius 1 is 1.00 bits per heavy atom. The van der Waals surface area contributed by atoms with E-state index >= 15 is 0 Å². The number of aliphatic carboxylic acids is 2. The lowest BCUT2D eigenvalue weighted by atomic mass is 10.1. The number of ether oxygens (including phenoxy) is 1. The normalized spacial score (nSPS) is 13.3. The van der Waals surface area contributed by atoms with Crippen molar-refractivity contribution in [3.63, 3.8) is 0 Å². The lowest BCUT2D eigenvalue weighted by Crippen LogP contribution is -2.53. The molecule has 0 saturated heterocycles. The molecule has 3 unspecified atom stereocenters. The zero-order chi connectivity index (χ0) is 24.7. The average Bonchev–Trinajstić information content (AvgIpc) is 2.73. The van der Waals surface area contributed by atoms with Gasteiger partial charge in [0, 0.05) is 12.2 Å². The number of rotatable bonds is 17. The largest absolute Gasteiger partial charge is 0.480 e. The molecule has 0 aromatic rings. The number of Topliss-reactive ketones (excluding diaryl/α,β-unsaturated/α-hetero) is 1. The van der Waals surface area contributed by atoms with Gasteiger partial charge in [-0.25, -0.2) is 9.59 Å². The molecule has 3 atom stereocenters. The maximum absolute atomic E-state index is 12.6. The summed E-state index contributed by atoms with van der Waals surface area (Å²) >= 11 is 2.28. The fourth-order valence-corrected chi connectivity index (χ4v) is 3.53. The van der Waals surface area contributed by atoms with Gasteiger partial charge in [0.15, 0.2) is 0 Å². The van der Waals surface area contributed by atoms with Gasteiger partial charge in [0.05, 0.1) is 12.4 Å². The van der Waals surface area contributed by atoms with Crippen LogP contribution in [0.2, 0.25) is 0 Å². The Hall–Kier alpha value is -2.32. The van der Waals surface area contributed by atoms with Crippen LogP contribution in [0.25, 0.3) is 0 Å². The molecule has 0 aromatic carbocycles. The number of carboxylic acid groups (broad SMARTS) is 2. The van der Waals surface area contributed by atoms with Crippen molar-refractivity contribution in [2.75, 3.05) is 30.1 Å². The number of amides is 2. The molecule has 0 rings (SSSR count). The van der Waals surface area contributed by atoms with Gasteiger partial charge in [-0.05, 0) is 31.8 Å². The van der Waals surface area contributed by atoms with Gasteiger partial charge in [-0.15, -0.1) is 0 Å². The van der Waals surface area contributed by atoms with Crippen molar-refractivity contribution < 1.29 is 43.7 Å². The van der Waals surface area contributed by atoms with Crippen LogP contribution in [-0.2, 0) is 33.5 Å². The van der Waals surface area contributed by atoms with Crippen LogP contribution in [0.4, 0.5) is 0 Å². The first-order chi connectivity index (χ1) is 15.0. The van der Waals surface area contributed by atoms with Crippen LogP contribution in [-0.4, -0.2) is 94.0 Å². The minimum absolute atomic E-state index is 0.0292. The van der Waals surface area contributed by atoms with E-state index in [1.807, 2.05) is 0 Å². The third-order valence-corrected chi connectivity index (χ3v) is 5.58. The Morgan fingerprint density at radius 3 is 2.19 bits per heavy atom. The average molecular weight is 496 g/mol. The van der Waals surface area contributed by atoms with Crippen LogP contribution in [0.15, 0.2) is 0 Å². The predicted octanol–water partition coefficient (Wildman–Crippen LogP) is -1.15. The van der Waals surface area contributed by atoms with Gasteiger partial charge < -0.3 is 31.3 Å². The van der Waals surface area contributed by atoms with Gasteiger partial charge in [-0.3, -0.25) is 19.2 Å².